The molecule has 0 radical (unpaired) electrons. The summed E-state index contributed by atoms with van der Waals surface area (Å²) in [5, 5.41) is 0. The molecule has 1 aromatic heterocycles. The molecule has 0 amide bonds. The number of ether oxygens (including phenoxy) is 1. The molecule has 1 aliphatic heterocycles. The fourth-order valence-corrected chi connectivity index (χ4v) is 6.64. The number of nitrogens with zero attached hydrogens (tertiary/aromatic N) is 1. The van der Waals surface area contributed by atoms with Gasteiger partial charge in [-0.2, -0.15) is 0 Å². The summed E-state index contributed by atoms with van der Waals surface area (Å²) >= 11 is 0. The highest BCUT2D eigenvalue weighted by Crippen LogP contribution is 2.50. The first kappa shape index (κ1) is 19.3. The van der Waals surface area contributed by atoms with E-state index in [0.717, 1.165) is 18.9 Å². The normalized spacial score (nSPS) is 28.3. The van der Waals surface area contributed by atoms with Crippen molar-refractivity contribution in [2.45, 2.75) is 94.0 Å². The third kappa shape index (κ3) is 3.89. The molecular formula is C27H35NO. The van der Waals surface area contributed by atoms with E-state index in [9.17, 15) is 0 Å². The van der Waals surface area contributed by atoms with Crippen LogP contribution < -0.4 is 0 Å². The molecule has 1 spiro atoms. The summed E-state index contributed by atoms with van der Waals surface area (Å²) < 4.78 is 6.42. The van der Waals surface area contributed by atoms with Crippen molar-refractivity contribution in [2.75, 3.05) is 6.61 Å². The van der Waals surface area contributed by atoms with Crippen LogP contribution in [0.5, 0.6) is 0 Å². The Hall–Kier alpha value is -1.67. The lowest BCUT2D eigenvalue weighted by Crippen LogP contribution is -2.46. The molecule has 2 aromatic rings. The van der Waals surface area contributed by atoms with Crippen molar-refractivity contribution in [3.63, 3.8) is 0 Å². The average molecular weight is 390 g/mol. The molecule has 29 heavy (non-hydrogen) atoms. The molecule has 1 saturated carbocycles. The molecule has 0 N–H and O–H groups in total. The lowest BCUT2D eigenvalue weighted by molar-refractivity contribution is -0.105. The van der Waals surface area contributed by atoms with Crippen LogP contribution in [0.2, 0.25) is 0 Å². The standard InChI is InChI=1S/C27H35NO/c1-2-13-24-22(9-1)10-7-11-23(24)12-8-15-26(25-14-3-6-19-28-25)18-20-29-27(21-26)16-4-5-17-27/h1-3,6,9,13-14,19,23H,4-5,7-8,10-12,15-18,20-21H2. The molecule has 2 heteroatoms. The van der Waals surface area contributed by atoms with E-state index >= 15 is 0 Å². The fourth-order valence-electron chi connectivity index (χ4n) is 6.64. The summed E-state index contributed by atoms with van der Waals surface area (Å²) in [6, 6.07) is 15.7. The van der Waals surface area contributed by atoms with Crippen molar-refractivity contribution < 1.29 is 4.74 Å². The number of pyridine rings is 1. The molecule has 2 atom stereocenters. The Morgan fingerprint density at radius 2 is 1.83 bits per heavy atom. The summed E-state index contributed by atoms with van der Waals surface area (Å²) in [5.41, 5.74) is 4.88. The second kappa shape index (κ2) is 8.22. The van der Waals surface area contributed by atoms with Crippen molar-refractivity contribution in [2.24, 2.45) is 0 Å². The molecule has 1 saturated heterocycles. The minimum absolute atomic E-state index is 0.132. The molecule has 154 valence electrons. The van der Waals surface area contributed by atoms with Crippen LogP contribution in [-0.4, -0.2) is 17.2 Å². The monoisotopic (exact) mass is 389 g/mol. The topological polar surface area (TPSA) is 22.1 Å². The van der Waals surface area contributed by atoms with E-state index in [1.807, 2.05) is 6.20 Å². The molecule has 3 aliphatic rings. The predicted molar refractivity (Wildman–Crippen MR) is 118 cm³/mol. The number of rotatable bonds is 5. The Kier molecular flexibility index (Phi) is 5.47. The first-order valence-corrected chi connectivity index (χ1v) is 11.9. The molecule has 2 fully saturated rings. The first-order valence-electron chi connectivity index (χ1n) is 11.9. The first-order chi connectivity index (χ1) is 14.3. The highest BCUT2D eigenvalue weighted by molar-refractivity contribution is 5.32. The van der Waals surface area contributed by atoms with Crippen LogP contribution in [0.15, 0.2) is 48.7 Å². The van der Waals surface area contributed by atoms with Gasteiger partial charge in [-0.25, -0.2) is 0 Å². The zero-order valence-corrected chi connectivity index (χ0v) is 17.7. The molecule has 2 unspecified atom stereocenters. The van der Waals surface area contributed by atoms with E-state index in [4.69, 9.17) is 9.72 Å². The van der Waals surface area contributed by atoms with Gasteiger partial charge < -0.3 is 4.74 Å². The Morgan fingerprint density at radius 3 is 2.69 bits per heavy atom. The number of hydrogen-bond donors (Lipinski definition) is 0. The van der Waals surface area contributed by atoms with Crippen molar-refractivity contribution in [3.05, 3.63) is 65.5 Å². The fraction of sp³-hybridized carbons (Fsp3) is 0.593. The van der Waals surface area contributed by atoms with Gasteiger partial charge in [-0.3, -0.25) is 4.98 Å². The average Bonchev–Trinajstić information content (AvgIpc) is 3.22. The van der Waals surface area contributed by atoms with Crippen LogP contribution in [-0.2, 0) is 16.6 Å². The third-order valence-corrected chi connectivity index (χ3v) is 8.07. The number of hydrogen-bond acceptors (Lipinski definition) is 2. The molecule has 2 heterocycles. The van der Waals surface area contributed by atoms with E-state index in [1.54, 1.807) is 11.1 Å². The summed E-state index contributed by atoms with van der Waals surface area (Å²) in [6.07, 6.45) is 17.3. The van der Waals surface area contributed by atoms with Gasteiger partial charge in [-0.1, -0.05) is 49.6 Å². The second-order valence-electron chi connectivity index (χ2n) is 9.84. The van der Waals surface area contributed by atoms with E-state index < -0.39 is 0 Å². The zero-order chi connectivity index (χ0) is 19.6. The summed E-state index contributed by atoms with van der Waals surface area (Å²) in [5.74, 6) is 0.751. The quantitative estimate of drug-likeness (QED) is 0.565. The van der Waals surface area contributed by atoms with Crippen LogP contribution in [0.3, 0.4) is 0 Å². The third-order valence-electron chi connectivity index (χ3n) is 8.07. The Morgan fingerprint density at radius 1 is 0.966 bits per heavy atom. The second-order valence-corrected chi connectivity index (χ2v) is 9.84. The smallest absolute Gasteiger partial charge is 0.0691 e. The predicted octanol–water partition coefficient (Wildman–Crippen LogP) is 6.73. The lowest BCUT2D eigenvalue weighted by Gasteiger charge is -2.46. The van der Waals surface area contributed by atoms with Crippen LogP contribution in [0.1, 0.15) is 93.4 Å². The van der Waals surface area contributed by atoms with Gasteiger partial charge in [0, 0.05) is 23.9 Å². The van der Waals surface area contributed by atoms with Crippen LogP contribution in [0.4, 0.5) is 0 Å². The van der Waals surface area contributed by atoms with Gasteiger partial charge in [0.15, 0.2) is 0 Å². The van der Waals surface area contributed by atoms with Gasteiger partial charge >= 0.3 is 0 Å². The van der Waals surface area contributed by atoms with Gasteiger partial charge in [0.25, 0.3) is 0 Å². The van der Waals surface area contributed by atoms with E-state index in [0.29, 0.717) is 0 Å². The van der Waals surface area contributed by atoms with E-state index in [-0.39, 0.29) is 11.0 Å². The Balaban J connectivity index is 1.34. The highest BCUT2D eigenvalue weighted by atomic mass is 16.5. The highest BCUT2D eigenvalue weighted by Gasteiger charge is 2.48. The van der Waals surface area contributed by atoms with Gasteiger partial charge in [-0.05, 0) is 87.0 Å². The van der Waals surface area contributed by atoms with Crippen LogP contribution in [0, 0.1) is 0 Å². The molecule has 5 rings (SSSR count). The Labute approximate surface area is 176 Å². The number of fused-ring (bicyclic) bond motifs is 1. The molecule has 0 bridgehead atoms. The van der Waals surface area contributed by atoms with Gasteiger partial charge in [0.05, 0.1) is 5.60 Å². The maximum atomic E-state index is 6.42. The largest absolute Gasteiger partial charge is 0.375 e. The summed E-state index contributed by atoms with van der Waals surface area (Å²) in [4.78, 5) is 4.87. The van der Waals surface area contributed by atoms with E-state index in [2.05, 4.69) is 42.5 Å². The van der Waals surface area contributed by atoms with E-state index in [1.165, 1.54) is 76.3 Å². The van der Waals surface area contributed by atoms with Crippen molar-refractivity contribution >= 4 is 0 Å². The SMILES string of the molecule is c1ccc(C2(CCCC3CCCc4ccccc43)CCOC3(CCCC3)C2)nc1. The summed E-state index contributed by atoms with van der Waals surface area (Å²) in [7, 11) is 0. The zero-order valence-electron chi connectivity index (χ0n) is 17.7. The van der Waals surface area contributed by atoms with Gasteiger partial charge in [0.2, 0.25) is 0 Å². The molecule has 2 aliphatic carbocycles. The molecule has 2 nitrogen and oxygen atoms in total. The van der Waals surface area contributed by atoms with Gasteiger partial charge in [-0.15, -0.1) is 0 Å². The minimum Gasteiger partial charge on any atom is -0.375 e. The van der Waals surface area contributed by atoms with Crippen molar-refractivity contribution in [1.29, 1.82) is 0 Å². The number of aryl methyl sites for hydroxylation is 1. The van der Waals surface area contributed by atoms with Crippen LogP contribution in [0.25, 0.3) is 0 Å². The maximum Gasteiger partial charge on any atom is 0.0691 e. The number of aromatic nitrogens is 1. The lowest BCUT2D eigenvalue weighted by atomic mass is 9.66. The van der Waals surface area contributed by atoms with Crippen LogP contribution >= 0.6 is 0 Å². The van der Waals surface area contributed by atoms with Gasteiger partial charge in [0.1, 0.15) is 0 Å². The molecular weight excluding hydrogens is 354 g/mol. The van der Waals surface area contributed by atoms with Crippen molar-refractivity contribution in [3.8, 4) is 0 Å². The molecule has 1 aromatic carbocycles. The summed E-state index contributed by atoms with van der Waals surface area (Å²) in [6.45, 7) is 0.906. The maximum absolute atomic E-state index is 6.42. The minimum atomic E-state index is 0.132. The Bertz CT molecular complexity index is 810. The van der Waals surface area contributed by atoms with Crippen molar-refractivity contribution in [1.82, 2.24) is 4.98 Å². The number of benzene rings is 1.